The van der Waals surface area contributed by atoms with Gasteiger partial charge in [-0.1, -0.05) is 72.3 Å². The smallest absolute Gasteiger partial charge is 0.242 e. The van der Waals surface area contributed by atoms with Gasteiger partial charge in [0.1, 0.15) is 11.9 Å². The lowest BCUT2D eigenvalue weighted by Crippen LogP contribution is -2.48. The Bertz CT molecular complexity index is 1030. The van der Waals surface area contributed by atoms with Gasteiger partial charge in [0.25, 0.3) is 0 Å². The number of hydrogen-bond acceptors (Lipinski definition) is 2. The van der Waals surface area contributed by atoms with Gasteiger partial charge in [0.15, 0.2) is 0 Å². The molecule has 3 aromatic carbocycles. The average Bonchev–Trinajstić information content (AvgIpc) is 2.78. The molecule has 1 atom stereocenters. The summed E-state index contributed by atoms with van der Waals surface area (Å²) in [5.41, 5.74) is 2.40. The molecule has 3 rings (SSSR count). The predicted molar refractivity (Wildman–Crippen MR) is 120 cm³/mol. The lowest BCUT2D eigenvalue weighted by atomic mass is 10.1. The molecule has 0 heterocycles. The maximum absolute atomic E-state index is 13.3. The molecular weight excluding hydrogens is 415 g/mol. The molecule has 0 aliphatic heterocycles. The molecular formula is C25H24ClFN2O2. The number of hydrogen-bond donors (Lipinski definition) is 1. The third kappa shape index (κ3) is 6.40. The second kappa shape index (κ2) is 10.7. The standard InChI is InChI=1S/C25H24ClFN2O2/c1-18(25(31)28-16-21-9-5-6-10-23(21)26)29(17-20-11-13-22(27)14-12-20)24(30)15-19-7-3-2-4-8-19/h2-14,18H,15-17H2,1H3,(H,28,31). The highest BCUT2D eigenvalue weighted by molar-refractivity contribution is 6.31. The molecule has 31 heavy (non-hydrogen) atoms. The molecule has 1 unspecified atom stereocenters. The number of benzene rings is 3. The van der Waals surface area contributed by atoms with E-state index in [1.165, 1.54) is 17.0 Å². The molecule has 0 aromatic heterocycles. The van der Waals surface area contributed by atoms with Crippen LogP contribution in [0.2, 0.25) is 5.02 Å². The fraction of sp³-hybridized carbons (Fsp3) is 0.200. The summed E-state index contributed by atoms with van der Waals surface area (Å²) >= 11 is 6.16. The van der Waals surface area contributed by atoms with Crippen LogP contribution in [0, 0.1) is 5.82 Å². The van der Waals surface area contributed by atoms with Crippen LogP contribution in [0.25, 0.3) is 0 Å². The van der Waals surface area contributed by atoms with Gasteiger partial charge < -0.3 is 10.2 Å². The highest BCUT2D eigenvalue weighted by Crippen LogP contribution is 2.16. The molecule has 1 N–H and O–H groups in total. The van der Waals surface area contributed by atoms with Crippen LogP contribution in [0.1, 0.15) is 23.6 Å². The quantitative estimate of drug-likeness (QED) is 0.551. The number of carbonyl (C=O) groups excluding carboxylic acids is 2. The molecule has 0 aliphatic rings. The summed E-state index contributed by atoms with van der Waals surface area (Å²) in [7, 11) is 0. The van der Waals surface area contributed by atoms with Crippen LogP contribution >= 0.6 is 11.6 Å². The molecule has 0 radical (unpaired) electrons. The minimum absolute atomic E-state index is 0.171. The Morgan fingerprint density at radius 3 is 2.26 bits per heavy atom. The summed E-state index contributed by atoms with van der Waals surface area (Å²) in [6, 6.07) is 21.8. The zero-order valence-electron chi connectivity index (χ0n) is 17.2. The van der Waals surface area contributed by atoms with Gasteiger partial charge in [0.2, 0.25) is 11.8 Å². The second-order valence-corrected chi connectivity index (χ2v) is 7.70. The third-order valence-electron chi connectivity index (χ3n) is 5.04. The van der Waals surface area contributed by atoms with Crippen LogP contribution < -0.4 is 5.32 Å². The fourth-order valence-electron chi connectivity index (χ4n) is 3.21. The van der Waals surface area contributed by atoms with Crippen LogP contribution in [0.15, 0.2) is 78.9 Å². The lowest BCUT2D eigenvalue weighted by Gasteiger charge is -2.29. The van der Waals surface area contributed by atoms with E-state index in [2.05, 4.69) is 5.32 Å². The highest BCUT2D eigenvalue weighted by atomic mass is 35.5. The highest BCUT2D eigenvalue weighted by Gasteiger charge is 2.26. The van der Waals surface area contributed by atoms with Gasteiger partial charge in [0.05, 0.1) is 6.42 Å². The predicted octanol–water partition coefficient (Wildman–Crippen LogP) is 4.76. The van der Waals surface area contributed by atoms with E-state index < -0.39 is 6.04 Å². The van der Waals surface area contributed by atoms with E-state index in [0.29, 0.717) is 5.02 Å². The molecule has 0 spiro atoms. The summed E-state index contributed by atoms with van der Waals surface area (Å²) < 4.78 is 13.3. The van der Waals surface area contributed by atoms with Crippen molar-refractivity contribution in [2.75, 3.05) is 0 Å². The van der Waals surface area contributed by atoms with Crippen LogP contribution in [-0.2, 0) is 29.1 Å². The minimum atomic E-state index is -0.719. The van der Waals surface area contributed by atoms with E-state index in [1.54, 1.807) is 25.1 Å². The summed E-state index contributed by atoms with van der Waals surface area (Å²) in [4.78, 5) is 27.5. The lowest BCUT2D eigenvalue weighted by molar-refractivity contribution is -0.140. The molecule has 160 valence electrons. The number of amides is 2. The van der Waals surface area contributed by atoms with Gasteiger partial charge in [-0.2, -0.15) is 0 Å². The molecule has 0 aliphatic carbocycles. The maximum atomic E-state index is 13.3. The Kier molecular flexibility index (Phi) is 7.79. The zero-order valence-corrected chi connectivity index (χ0v) is 18.0. The van der Waals surface area contributed by atoms with Crippen molar-refractivity contribution in [3.05, 3.63) is 106 Å². The van der Waals surface area contributed by atoms with Crippen molar-refractivity contribution in [3.63, 3.8) is 0 Å². The number of nitrogens with zero attached hydrogens (tertiary/aromatic N) is 1. The first-order valence-electron chi connectivity index (χ1n) is 10.0. The van der Waals surface area contributed by atoms with Gasteiger partial charge in [-0.05, 0) is 41.8 Å². The summed E-state index contributed by atoms with van der Waals surface area (Å²) in [6.07, 6.45) is 0.171. The zero-order chi connectivity index (χ0) is 22.2. The normalized spacial score (nSPS) is 11.6. The minimum Gasteiger partial charge on any atom is -0.350 e. The first-order chi connectivity index (χ1) is 14.9. The Morgan fingerprint density at radius 2 is 1.58 bits per heavy atom. The van der Waals surface area contributed by atoms with Crippen molar-refractivity contribution in [1.29, 1.82) is 0 Å². The average molecular weight is 439 g/mol. The topological polar surface area (TPSA) is 49.4 Å². The molecule has 2 amide bonds. The van der Waals surface area contributed by atoms with Crippen molar-refractivity contribution in [1.82, 2.24) is 10.2 Å². The monoisotopic (exact) mass is 438 g/mol. The van der Waals surface area contributed by atoms with Gasteiger partial charge in [-0.25, -0.2) is 4.39 Å². The summed E-state index contributed by atoms with van der Waals surface area (Å²) in [6.45, 7) is 2.15. The largest absolute Gasteiger partial charge is 0.350 e. The first-order valence-corrected chi connectivity index (χ1v) is 10.4. The van der Waals surface area contributed by atoms with Crippen LogP contribution in [0.3, 0.4) is 0 Å². The molecule has 0 bridgehead atoms. The van der Waals surface area contributed by atoms with Crippen molar-refractivity contribution in [3.8, 4) is 0 Å². The Labute approximate surface area is 186 Å². The van der Waals surface area contributed by atoms with Crippen LogP contribution in [0.5, 0.6) is 0 Å². The number of rotatable bonds is 8. The Hall–Kier alpha value is -3.18. The number of halogens is 2. The third-order valence-corrected chi connectivity index (χ3v) is 5.41. The van der Waals surface area contributed by atoms with E-state index in [0.717, 1.165) is 16.7 Å². The molecule has 0 saturated carbocycles. The van der Waals surface area contributed by atoms with Crippen molar-refractivity contribution >= 4 is 23.4 Å². The van der Waals surface area contributed by atoms with E-state index in [-0.39, 0.29) is 37.1 Å². The SMILES string of the molecule is CC(C(=O)NCc1ccccc1Cl)N(Cc1ccc(F)cc1)C(=O)Cc1ccccc1. The number of nitrogens with one attached hydrogen (secondary N) is 1. The first kappa shape index (κ1) is 22.5. The van der Waals surface area contributed by atoms with Crippen molar-refractivity contribution in [2.45, 2.75) is 32.5 Å². The molecule has 0 saturated heterocycles. The van der Waals surface area contributed by atoms with Gasteiger partial charge in [-0.15, -0.1) is 0 Å². The van der Waals surface area contributed by atoms with Crippen LogP contribution in [-0.4, -0.2) is 22.8 Å². The van der Waals surface area contributed by atoms with Crippen LogP contribution in [0.4, 0.5) is 4.39 Å². The molecule has 6 heteroatoms. The summed E-state index contributed by atoms with van der Waals surface area (Å²) in [5.74, 6) is -0.823. The van der Waals surface area contributed by atoms with Gasteiger partial charge >= 0.3 is 0 Å². The number of carbonyl (C=O) groups is 2. The molecule has 4 nitrogen and oxygen atoms in total. The van der Waals surface area contributed by atoms with Gasteiger partial charge in [-0.3, -0.25) is 9.59 Å². The maximum Gasteiger partial charge on any atom is 0.242 e. The summed E-state index contributed by atoms with van der Waals surface area (Å²) in [5, 5.41) is 3.42. The van der Waals surface area contributed by atoms with E-state index in [4.69, 9.17) is 11.6 Å². The van der Waals surface area contributed by atoms with E-state index >= 15 is 0 Å². The molecule has 0 fully saturated rings. The Balaban J connectivity index is 1.74. The second-order valence-electron chi connectivity index (χ2n) is 7.30. The Morgan fingerprint density at radius 1 is 0.935 bits per heavy atom. The van der Waals surface area contributed by atoms with E-state index in [9.17, 15) is 14.0 Å². The van der Waals surface area contributed by atoms with Crippen molar-refractivity contribution in [2.24, 2.45) is 0 Å². The van der Waals surface area contributed by atoms with Crippen molar-refractivity contribution < 1.29 is 14.0 Å². The molecule has 3 aromatic rings. The van der Waals surface area contributed by atoms with Gasteiger partial charge in [0, 0.05) is 18.1 Å². The van der Waals surface area contributed by atoms with E-state index in [1.807, 2.05) is 48.5 Å². The fourth-order valence-corrected chi connectivity index (χ4v) is 3.42.